The molecule has 1 aromatic heterocycles. The van der Waals surface area contributed by atoms with Crippen molar-refractivity contribution in [1.29, 1.82) is 0 Å². The summed E-state index contributed by atoms with van der Waals surface area (Å²) in [5.41, 5.74) is -1.25. The molecule has 21 heavy (non-hydrogen) atoms. The van der Waals surface area contributed by atoms with Gasteiger partial charge in [-0.25, -0.2) is 9.78 Å². The van der Waals surface area contributed by atoms with Crippen LogP contribution < -0.4 is 10.9 Å². The molecule has 2 saturated carbocycles. The van der Waals surface area contributed by atoms with Gasteiger partial charge in [-0.1, -0.05) is 25.7 Å². The Morgan fingerprint density at radius 2 is 1.95 bits per heavy atom. The molecule has 2 fully saturated rings. The molecule has 0 amide bonds. The van der Waals surface area contributed by atoms with Gasteiger partial charge in [0.2, 0.25) is 0 Å². The predicted molar refractivity (Wildman–Crippen MR) is 78.5 cm³/mol. The van der Waals surface area contributed by atoms with Crippen molar-refractivity contribution in [2.24, 2.45) is 0 Å². The Kier molecular flexibility index (Phi) is 3.69. The van der Waals surface area contributed by atoms with Crippen LogP contribution in [0.15, 0.2) is 17.2 Å². The quantitative estimate of drug-likeness (QED) is 0.830. The molecule has 0 saturated heterocycles. The minimum Gasteiger partial charge on any atom is -0.480 e. The summed E-state index contributed by atoms with van der Waals surface area (Å²) >= 11 is 0. The highest BCUT2D eigenvalue weighted by Gasteiger charge is 2.39. The number of carboxylic acids is 1. The normalized spacial score (nSPS) is 21.5. The van der Waals surface area contributed by atoms with Crippen molar-refractivity contribution in [2.75, 3.05) is 5.32 Å². The van der Waals surface area contributed by atoms with Gasteiger partial charge in [0.1, 0.15) is 5.54 Å². The van der Waals surface area contributed by atoms with E-state index in [1.54, 1.807) is 17.0 Å². The molecule has 1 heterocycles. The van der Waals surface area contributed by atoms with Gasteiger partial charge in [-0.15, -0.1) is 0 Å². The summed E-state index contributed by atoms with van der Waals surface area (Å²) in [6, 6.07) is 0.260. The molecule has 2 N–H and O–H groups in total. The lowest BCUT2D eigenvalue weighted by Crippen LogP contribution is -2.47. The Hall–Kier alpha value is -1.85. The van der Waals surface area contributed by atoms with Crippen molar-refractivity contribution >= 4 is 11.8 Å². The Bertz CT molecular complexity index is 584. The third-order valence-electron chi connectivity index (χ3n) is 4.53. The monoisotopic (exact) mass is 291 g/mol. The van der Waals surface area contributed by atoms with Gasteiger partial charge in [0, 0.05) is 18.4 Å². The number of aromatic nitrogens is 2. The standard InChI is InChI=1S/C15H21N3O3/c19-13-12(16-9-10-18(13)11-5-6-11)17-15(14(20)21)7-3-1-2-4-8-15/h9-11H,1-8H2,(H,16,17)(H,20,21). The predicted octanol–water partition coefficient (Wildman–Crippen LogP) is 2.17. The summed E-state index contributed by atoms with van der Waals surface area (Å²) < 4.78 is 1.67. The smallest absolute Gasteiger partial charge is 0.329 e. The number of aliphatic carboxylic acids is 1. The second-order valence-corrected chi connectivity index (χ2v) is 6.15. The fourth-order valence-electron chi connectivity index (χ4n) is 3.10. The van der Waals surface area contributed by atoms with E-state index in [1.165, 1.54) is 0 Å². The van der Waals surface area contributed by atoms with Crippen LogP contribution in [0.2, 0.25) is 0 Å². The molecular weight excluding hydrogens is 270 g/mol. The SMILES string of the molecule is O=C(O)C1(Nc2nccn(C3CC3)c2=O)CCCCCC1. The van der Waals surface area contributed by atoms with E-state index in [9.17, 15) is 14.7 Å². The van der Waals surface area contributed by atoms with Crippen LogP contribution in [0.4, 0.5) is 5.82 Å². The lowest BCUT2D eigenvalue weighted by Gasteiger charge is -2.29. The average Bonchev–Trinajstić information content (AvgIpc) is 3.28. The second-order valence-electron chi connectivity index (χ2n) is 6.15. The van der Waals surface area contributed by atoms with Crippen LogP contribution in [0.3, 0.4) is 0 Å². The van der Waals surface area contributed by atoms with E-state index >= 15 is 0 Å². The minimum atomic E-state index is -1.05. The van der Waals surface area contributed by atoms with E-state index in [2.05, 4.69) is 10.3 Å². The Labute approximate surface area is 123 Å². The van der Waals surface area contributed by atoms with Crippen LogP contribution in [0.1, 0.15) is 57.4 Å². The first-order valence-corrected chi connectivity index (χ1v) is 7.71. The molecule has 0 atom stereocenters. The van der Waals surface area contributed by atoms with Crippen molar-refractivity contribution in [3.05, 3.63) is 22.7 Å². The van der Waals surface area contributed by atoms with E-state index in [1.807, 2.05) is 0 Å². The van der Waals surface area contributed by atoms with Gasteiger partial charge in [0.25, 0.3) is 5.56 Å². The van der Waals surface area contributed by atoms with Crippen LogP contribution in [0, 0.1) is 0 Å². The zero-order valence-electron chi connectivity index (χ0n) is 12.0. The van der Waals surface area contributed by atoms with Gasteiger partial charge < -0.3 is 15.0 Å². The number of hydrogen-bond acceptors (Lipinski definition) is 4. The molecule has 0 aromatic carbocycles. The van der Waals surface area contributed by atoms with E-state index < -0.39 is 11.5 Å². The number of carboxylic acid groups (broad SMARTS) is 1. The van der Waals surface area contributed by atoms with Crippen LogP contribution >= 0.6 is 0 Å². The maximum atomic E-state index is 12.4. The van der Waals surface area contributed by atoms with Crippen LogP contribution in [0.25, 0.3) is 0 Å². The molecule has 3 rings (SSSR count). The second kappa shape index (κ2) is 5.50. The molecule has 0 spiro atoms. The maximum absolute atomic E-state index is 12.4. The van der Waals surface area contributed by atoms with Crippen molar-refractivity contribution in [3.8, 4) is 0 Å². The Balaban J connectivity index is 1.91. The van der Waals surface area contributed by atoms with E-state index in [0.717, 1.165) is 38.5 Å². The zero-order chi connectivity index (χ0) is 14.9. The third-order valence-corrected chi connectivity index (χ3v) is 4.53. The lowest BCUT2D eigenvalue weighted by molar-refractivity contribution is -0.142. The van der Waals surface area contributed by atoms with Crippen LogP contribution in [-0.2, 0) is 4.79 Å². The molecule has 2 aliphatic rings. The van der Waals surface area contributed by atoms with Gasteiger partial charge in [0.15, 0.2) is 5.82 Å². The van der Waals surface area contributed by atoms with Crippen molar-refractivity contribution in [3.63, 3.8) is 0 Å². The molecule has 0 aliphatic heterocycles. The lowest BCUT2D eigenvalue weighted by atomic mass is 9.90. The van der Waals surface area contributed by atoms with Gasteiger partial charge in [0.05, 0.1) is 0 Å². The largest absolute Gasteiger partial charge is 0.480 e. The number of nitrogens with zero attached hydrogens (tertiary/aromatic N) is 2. The highest BCUT2D eigenvalue weighted by Crippen LogP contribution is 2.34. The first kappa shape index (κ1) is 14.1. The fraction of sp³-hybridized carbons (Fsp3) is 0.667. The van der Waals surface area contributed by atoms with Gasteiger partial charge in [-0.05, 0) is 25.7 Å². The Morgan fingerprint density at radius 1 is 1.29 bits per heavy atom. The topological polar surface area (TPSA) is 84.2 Å². The number of anilines is 1. The summed E-state index contributed by atoms with van der Waals surface area (Å²) in [7, 11) is 0. The van der Waals surface area contributed by atoms with Gasteiger partial charge in [-0.3, -0.25) is 4.79 Å². The average molecular weight is 291 g/mol. The summed E-state index contributed by atoms with van der Waals surface area (Å²) in [4.78, 5) is 28.3. The van der Waals surface area contributed by atoms with E-state index in [4.69, 9.17) is 0 Å². The molecule has 2 aliphatic carbocycles. The molecule has 6 heteroatoms. The minimum absolute atomic E-state index is 0.175. The number of hydrogen-bond donors (Lipinski definition) is 2. The van der Waals surface area contributed by atoms with Crippen molar-refractivity contribution in [2.45, 2.75) is 62.9 Å². The van der Waals surface area contributed by atoms with Gasteiger partial charge in [-0.2, -0.15) is 0 Å². The third kappa shape index (κ3) is 2.80. The van der Waals surface area contributed by atoms with Crippen molar-refractivity contribution < 1.29 is 9.90 Å². The molecule has 1 aromatic rings. The first-order chi connectivity index (χ1) is 10.1. The highest BCUT2D eigenvalue weighted by molar-refractivity contribution is 5.82. The van der Waals surface area contributed by atoms with Crippen molar-refractivity contribution in [1.82, 2.24) is 9.55 Å². The number of rotatable bonds is 4. The maximum Gasteiger partial charge on any atom is 0.329 e. The molecule has 114 valence electrons. The van der Waals surface area contributed by atoms with E-state index in [-0.39, 0.29) is 17.4 Å². The van der Waals surface area contributed by atoms with Gasteiger partial charge >= 0.3 is 5.97 Å². The zero-order valence-corrected chi connectivity index (χ0v) is 12.0. The summed E-state index contributed by atoms with van der Waals surface area (Å²) in [6.07, 6.45) is 10.2. The molecule has 0 unspecified atom stereocenters. The van der Waals surface area contributed by atoms with E-state index in [0.29, 0.717) is 12.8 Å². The summed E-state index contributed by atoms with van der Waals surface area (Å²) in [6.45, 7) is 0. The van der Waals surface area contributed by atoms with Crippen LogP contribution in [-0.4, -0.2) is 26.2 Å². The molecule has 6 nitrogen and oxygen atoms in total. The highest BCUT2D eigenvalue weighted by atomic mass is 16.4. The first-order valence-electron chi connectivity index (χ1n) is 7.71. The van der Waals surface area contributed by atoms with Crippen LogP contribution in [0.5, 0.6) is 0 Å². The Morgan fingerprint density at radius 3 is 2.52 bits per heavy atom. The molecule has 0 radical (unpaired) electrons. The molecule has 0 bridgehead atoms. The fourth-order valence-corrected chi connectivity index (χ4v) is 3.10. The summed E-state index contributed by atoms with van der Waals surface area (Å²) in [5, 5.41) is 12.6. The molecular formula is C15H21N3O3. The summed E-state index contributed by atoms with van der Waals surface area (Å²) in [5.74, 6) is -0.707. The number of carbonyl (C=O) groups is 1. The number of nitrogens with one attached hydrogen (secondary N) is 1.